The number of nitrogens with zero attached hydrogens (tertiary/aromatic N) is 4. The highest BCUT2D eigenvalue weighted by molar-refractivity contribution is 7.14. The standard InChI is InChI=1S/C24H23ClN4O11S/c1-36-24(32)23(15-4-2-3-5-16(15)25)27-9-8-19-14(11-27)10-22(41-19)39-21(31)7-6-20(30)37-12-17-18(13-38-29(34)35)28(33)40-26-17/h2-5,10,23H,6-9,11-13H2,1H3/t23-/m0/s1/i1D3. The average molecular weight is 614 g/mol. The van der Waals surface area contributed by atoms with Crippen LogP contribution in [0.25, 0.3) is 0 Å². The number of benzene rings is 1. The zero-order valence-corrected chi connectivity index (χ0v) is 22.6. The van der Waals surface area contributed by atoms with Gasteiger partial charge in [-0.05, 0) is 34.6 Å². The first-order chi connectivity index (χ1) is 20.8. The topological polar surface area (TPSA) is 187 Å². The van der Waals surface area contributed by atoms with Gasteiger partial charge in [-0.15, -0.1) is 21.5 Å². The third kappa shape index (κ3) is 7.47. The molecule has 4 rings (SSSR count). The summed E-state index contributed by atoms with van der Waals surface area (Å²) in [6.45, 7) is -0.751. The van der Waals surface area contributed by atoms with Gasteiger partial charge in [0.05, 0.1) is 24.0 Å². The van der Waals surface area contributed by atoms with Crippen molar-refractivity contribution >= 4 is 40.8 Å². The number of aromatic nitrogens is 2. The van der Waals surface area contributed by atoms with E-state index in [0.717, 1.165) is 10.4 Å². The lowest BCUT2D eigenvalue weighted by Crippen LogP contribution is -2.38. The molecule has 1 aromatic carbocycles. The Morgan fingerprint density at radius 2 is 2.07 bits per heavy atom. The minimum atomic E-state index is -2.94. The summed E-state index contributed by atoms with van der Waals surface area (Å²) in [6.07, 6.45) is -0.258. The number of hydrogen-bond acceptors (Lipinski definition) is 14. The van der Waals surface area contributed by atoms with E-state index in [1.807, 2.05) is 0 Å². The quantitative estimate of drug-likeness (QED) is 0.125. The zero-order chi connectivity index (χ0) is 32.0. The molecule has 1 aliphatic rings. The molecule has 0 aliphatic carbocycles. The van der Waals surface area contributed by atoms with E-state index in [1.54, 1.807) is 35.2 Å². The molecule has 0 N–H and O–H groups in total. The minimum Gasteiger partial charge on any atom is -0.468 e. The number of methoxy groups -OCH3 is 1. The maximum Gasteiger partial charge on any atom is 0.327 e. The Kier molecular flexibility index (Phi) is 8.38. The van der Waals surface area contributed by atoms with Gasteiger partial charge < -0.3 is 24.3 Å². The minimum absolute atomic E-state index is 0.121. The molecule has 0 bridgehead atoms. The van der Waals surface area contributed by atoms with Crippen LogP contribution >= 0.6 is 22.9 Å². The van der Waals surface area contributed by atoms with Crippen LogP contribution in [0.2, 0.25) is 5.02 Å². The number of ether oxygens (including phenoxy) is 3. The number of rotatable bonds is 12. The predicted molar refractivity (Wildman–Crippen MR) is 137 cm³/mol. The summed E-state index contributed by atoms with van der Waals surface area (Å²) in [6, 6.07) is 7.08. The van der Waals surface area contributed by atoms with Crippen LogP contribution in [-0.4, -0.2) is 46.6 Å². The molecule has 1 aliphatic heterocycles. The van der Waals surface area contributed by atoms with Crippen molar-refractivity contribution in [2.24, 2.45) is 0 Å². The summed E-state index contributed by atoms with van der Waals surface area (Å²) in [5.74, 6) is -2.54. The second-order valence-corrected chi connectivity index (χ2v) is 10.0. The Labute approximate surface area is 244 Å². The third-order valence-corrected chi connectivity index (χ3v) is 7.42. The molecule has 0 amide bonds. The van der Waals surface area contributed by atoms with Gasteiger partial charge in [-0.3, -0.25) is 19.1 Å². The monoisotopic (exact) mass is 613 g/mol. The first kappa shape index (κ1) is 25.7. The van der Waals surface area contributed by atoms with Gasteiger partial charge in [0.15, 0.2) is 18.3 Å². The van der Waals surface area contributed by atoms with E-state index in [1.165, 1.54) is 11.3 Å². The Bertz CT molecular complexity index is 1550. The maximum absolute atomic E-state index is 13.0. The highest BCUT2D eigenvalue weighted by atomic mass is 35.5. The molecule has 3 aromatic rings. The first-order valence-electron chi connectivity index (χ1n) is 13.3. The number of halogens is 1. The van der Waals surface area contributed by atoms with Crippen LogP contribution < -0.4 is 9.64 Å². The summed E-state index contributed by atoms with van der Waals surface area (Å²) < 4.78 is 41.4. The lowest BCUT2D eigenvalue weighted by Gasteiger charge is -2.33. The van der Waals surface area contributed by atoms with Gasteiger partial charge in [0.25, 0.3) is 10.8 Å². The SMILES string of the molecule is [2H]C([2H])([2H])OC(=O)[C@H](c1ccccc1Cl)N1CCc2sc(OC(=O)CCC(=O)OCc3no[n+]([O-])c3CO[N+](=O)[O-])cc2C1. The fourth-order valence-electron chi connectivity index (χ4n) is 4.07. The van der Waals surface area contributed by atoms with Crippen molar-refractivity contribution in [3.05, 3.63) is 78.1 Å². The van der Waals surface area contributed by atoms with Crippen molar-refractivity contribution in [1.82, 2.24) is 10.1 Å². The smallest absolute Gasteiger partial charge is 0.327 e. The Morgan fingerprint density at radius 3 is 2.83 bits per heavy atom. The summed E-state index contributed by atoms with van der Waals surface area (Å²) >= 11 is 7.56. The number of esters is 3. The van der Waals surface area contributed by atoms with Crippen molar-refractivity contribution in [2.45, 2.75) is 45.1 Å². The molecule has 218 valence electrons. The fourth-order valence-corrected chi connectivity index (χ4v) is 5.33. The number of fused-ring (bicyclic) bond motifs is 1. The first-order valence-corrected chi connectivity index (χ1v) is 13.0. The molecule has 41 heavy (non-hydrogen) atoms. The van der Waals surface area contributed by atoms with Crippen molar-refractivity contribution < 1.29 is 52.2 Å². The largest absolute Gasteiger partial charge is 0.468 e. The Hall–Kier alpha value is -4.28. The van der Waals surface area contributed by atoms with E-state index in [4.69, 9.17) is 29.9 Å². The van der Waals surface area contributed by atoms with Gasteiger partial charge >= 0.3 is 17.9 Å². The number of thiophene rings is 1. The third-order valence-electron chi connectivity index (χ3n) is 5.97. The van der Waals surface area contributed by atoms with Crippen LogP contribution in [0.4, 0.5) is 0 Å². The molecule has 0 spiro atoms. The lowest BCUT2D eigenvalue weighted by molar-refractivity contribution is -0.821. The average Bonchev–Trinajstić information content (AvgIpc) is 3.51. The van der Waals surface area contributed by atoms with Gasteiger partial charge in [0.1, 0.15) is 6.04 Å². The van der Waals surface area contributed by atoms with Crippen LogP contribution in [0.15, 0.2) is 35.0 Å². The van der Waals surface area contributed by atoms with E-state index in [2.05, 4.69) is 14.6 Å². The molecule has 17 heteroatoms. The fraction of sp³-hybridized carbons (Fsp3) is 0.375. The van der Waals surface area contributed by atoms with Crippen molar-refractivity contribution in [1.29, 1.82) is 0 Å². The van der Waals surface area contributed by atoms with Gasteiger partial charge in [-0.2, -0.15) is 0 Å². The maximum atomic E-state index is 13.0. The van der Waals surface area contributed by atoms with Crippen LogP contribution in [-0.2, 0) is 54.9 Å². The second-order valence-electron chi connectivity index (χ2n) is 8.53. The summed E-state index contributed by atoms with van der Waals surface area (Å²) in [5.41, 5.74) is 0.584. The van der Waals surface area contributed by atoms with E-state index in [9.17, 15) is 29.7 Å². The number of hydrogen-bond donors (Lipinski definition) is 0. The summed E-state index contributed by atoms with van der Waals surface area (Å²) in [5, 5.41) is 24.6. The normalized spacial score (nSPS) is 15.0. The summed E-state index contributed by atoms with van der Waals surface area (Å²) in [7, 11) is -2.94. The van der Waals surface area contributed by atoms with Crippen LogP contribution in [0.5, 0.6) is 5.06 Å². The summed E-state index contributed by atoms with van der Waals surface area (Å²) in [4.78, 5) is 54.4. The Morgan fingerprint density at radius 1 is 1.29 bits per heavy atom. The van der Waals surface area contributed by atoms with E-state index in [-0.39, 0.29) is 45.8 Å². The highest BCUT2D eigenvalue weighted by Gasteiger charge is 2.33. The molecule has 0 radical (unpaired) electrons. The van der Waals surface area contributed by atoms with Crippen LogP contribution in [0, 0.1) is 15.3 Å². The molecular formula is C24H23ClN4O11S. The molecule has 0 saturated heterocycles. The van der Waals surface area contributed by atoms with E-state index < -0.39 is 49.3 Å². The molecule has 1 atom stereocenters. The molecule has 0 unspecified atom stereocenters. The molecule has 15 nitrogen and oxygen atoms in total. The van der Waals surface area contributed by atoms with E-state index >= 15 is 0 Å². The molecule has 3 heterocycles. The van der Waals surface area contributed by atoms with Gasteiger partial charge in [0.2, 0.25) is 5.69 Å². The van der Waals surface area contributed by atoms with Crippen molar-refractivity contribution in [2.75, 3.05) is 13.6 Å². The van der Waals surface area contributed by atoms with Crippen molar-refractivity contribution in [3.63, 3.8) is 0 Å². The molecular weight excluding hydrogens is 588 g/mol. The molecule has 2 aromatic heterocycles. The Balaban J connectivity index is 1.32. The van der Waals surface area contributed by atoms with Crippen LogP contribution in [0.1, 0.15) is 50.4 Å². The van der Waals surface area contributed by atoms with Gasteiger partial charge in [-0.1, -0.05) is 29.8 Å². The van der Waals surface area contributed by atoms with E-state index in [0.29, 0.717) is 18.5 Å². The highest BCUT2D eigenvalue weighted by Crippen LogP contribution is 2.37. The molecule has 0 fully saturated rings. The number of carbonyl (C=O) groups excluding carboxylic acids is 3. The van der Waals surface area contributed by atoms with Gasteiger partial charge in [0, 0.05) is 28.1 Å². The predicted octanol–water partition coefficient (Wildman–Crippen LogP) is 2.43. The van der Waals surface area contributed by atoms with Gasteiger partial charge in [-0.25, -0.2) is 4.79 Å². The lowest BCUT2D eigenvalue weighted by atomic mass is 10.0. The second kappa shape index (κ2) is 13.4. The number of carbonyl (C=O) groups is 3. The van der Waals surface area contributed by atoms with Crippen molar-refractivity contribution in [3.8, 4) is 5.06 Å². The zero-order valence-electron chi connectivity index (χ0n) is 24.0. The van der Waals surface area contributed by atoms with Crippen LogP contribution in [0.3, 0.4) is 0 Å². The molecule has 0 saturated carbocycles.